The van der Waals surface area contributed by atoms with Gasteiger partial charge in [-0.15, -0.1) is 0 Å². The molecule has 100 valence electrons. The van der Waals surface area contributed by atoms with Crippen LogP contribution in [0, 0.1) is 0 Å². The van der Waals surface area contributed by atoms with Gasteiger partial charge in [0, 0.05) is 17.1 Å². The number of nitrogens with zero attached hydrogens (tertiary/aromatic N) is 1. The van der Waals surface area contributed by atoms with Crippen LogP contribution in [0.15, 0.2) is 33.5 Å². The van der Waals surface area contributed by atoms with E-state index >= 15 is 0 Å². The number of rotatable bonds is 1. The van der Waals surface area contributed by atoms with Gasteiger partial charge in [0.2, 0.25) is 0 Å². The average Bonchev–Trinajstić information content (AvgIpc) is 2.44. The van der Waals surface area contributed by atoms with Gasteiger partial charge in [0.15, 0.2) is 0 Å². The Morgan fingerprint density at radius 2 is 2.16 bits per heavy atom. The Balaban J connectivity index is 2.18. The van der Waals surface area contributed by atoms with Gasteiger partial charge in [-0.3, -0.25) is 4.79 Å². The summed E-state index contributed by atoms with van der Waals surface area (Å²) in [6.45, 7) is 1.57. The van der Waals surface area contributed by atoms with E-state index in [2.05, 4.69) is 15.9 Å². The van der Waals surface area contributed by atoms with Gasteiger partial charge in [0.05, 0.1) is 25.3 Å². The summed E-state index contributed by atoms with van der Waals surface area (Å²) < 4.78 is 13.6. The Bertz CT molecular complexity index is 674. The molecular formula is C14H14BrNO3. The lowest BCUT2D eigenvalue weighted by Crippen LogP contribution is -2.30. The predicted molar refractivity (Wildman–Crippen MR) is 76.4 cm³/mol. The van der Waals surface area contributed by atoms with Crippen molar-refractivity contribution in [2.45, 2.75) is 6.10 Å². The second-order valence-corrected chi connectivity index (χ2v) is 5.52. The number of fused-ring (bicyclic) bond motifs is 1. The van der Waals surface area contributed by atoms with Gasteiger partial charge >= 0.3 is 0 Å². The zero-order valence-corrected chi connectivity index (χ0v) is 12.1. The number of benzene rings is 1. The van der Waals surface area contributed by atoms with Crippen molar-refractivity contribution in [2.24, 2.45) is 7.05 Å². The highest BCUT2D eigenvalue weighted by atomic mass is 79.9. The van der Waals surface area contributed by atoms with Crippen LogP contribution in [0.4, 0.5) is 0 Å². The molecule has 3 rings (SSSR count). The monoisotopic (exact) mass is 323 g/mol. The summed E-state index contributed by atoms with van der Waals surface area (Å²) >= 11 is 3.43. The Labute approximate surface area is 119 Å². The van der Waals surface area contributed by atoms with E-state index in [1.165, 1.54) is 0 Å². The van der Waals surface area contributed by atoms with Gasteiger partial charge < -0.3 is 14.0 Å². The zero-order chi connectivity index (χ0) is 13.4. The molecule has 1 aliphatic rings. The van der Waals surface area contributed by atoms with Gasteiger partial charge in [-0.25, -0.2) is 0 Å². The van der Waals surface area contributed by atoms with Crippen molar-refractivity contribution in [3.05, 3.63) is 44.7 Å². The molecule has 1 fully saturated rings. The van der Waals surface area contributed by atoms with E-state index in [0.29, 0.717) is 25.4 Å². The molecule has 19 heavy (non-hydrogen) atoms. The zero-order valence-electron chi connectivity index (χ0n) is 10.6. The number of pyridine rings is 1. The molecule has 0 amide bonds. The van der Waals surface area contributed by atoms with Crippen molar-refractivity contribution in [1.29, 1.82) is 0 Å². The number of halogens is 1. The number of aryl methyl sites for hydroxylation is 1. The highest BCUT2D eigenvalue weighted by Gasteiger charge is 2.21. The maximum Gasteiger partial charge on any atom is 0.256 e. The summed E-state index contributed by atoms with van der Waals surface area (Å²) in [6.07, 6.45) is -0.263. The minimum absolute atomic E-state index is 0.0268. The quantitative estimate of drug-likeness (QED) is 0.809. The van der Waals surface area contributed by atoms with Crippen LogP contribution in [-0.2, 0) is 16.5 Å². The van der Waals surface area contributed by atoms with Gasteiger partial charge in [-0.1, -0.05) is 22.0 Å². The topological polar surface area (TPSA) is 40.5 Å². The summed E-state index contributed by atoms with van der Waals surface area (Å²) in [5.74, 6) is 0. The number of aromatic nitrogens is 1. The molecule has 1 aliphatic heterocycles. The van der Waals surface area contributed by atoms with E-state index < -0.39 is 0 Å². The van der Waals surface area contributed by atoms with E-state index in [-0.39, 0.29) is 11.7 Å². The molecule has 0 radical (unpaired) electrons. The van der Waals surface area contributed by atoms with E-state index in [1.54, 1.807) is 11.6 Å². The minimum atomic E-state index is -0.263. The second-order valence-electron chi connectivity index (χ2n) is 4.60. The lowest BCUT2D eigenvalue weighted by Gasteiger charge is -2.23. The summed E-state index contributed by atoms with van der Waals surface area (Å²) in [4.78, 5) is 12.4. The highest BCUT2D eigenvalue weighted by Crippen LogP contribution is 2.23. The molecule has 1 saturated heterocycles. The normalized spacial score (nSPS) is 19.8. The van der Waals surface area contributed by atoms with Crippen molar-refractivity contribution in [2.75, 3.05) is 19.8 Å². The Kier molecular flexibility index (Phi) is 3.43. The van der Waals surface area contributed by atoms with E-state index in [1.807, 2.05) is 24.3 Å². The van der Waals surface area contributed by atoms with Crippen LogP contribution in [0.2, 0.25) is 0 Å². The van der Waals surface area contributed by atoms with Crippen LogP contribution in [0.1, 0.15) is 11.7 Å². The summed E-state index contributed by atoms with van der Waals surface area (Å²) in [5, 5.41) is 1.02. The smallest absolute Gasteiger partial charge is 0.256 e. The first kappa shape index (κ1) is 12.8. The first-order chi connectivity index (χ1) is 9.16. The molecule has 0 saturated carbocycles. The lowest BCUT2D eigenvalue weighted by molar-refractivity contribution is -0.0907. The third-order valence-electron chi connectivity index (χ3n) is 3.38. The minimum Gasteiger partial charge on any atom is -0.376 e. The number of hydrogen-bond acceptors (Lipinski definition) is 3. The second kappa shape index (κ2) is 5.07. The van der Waals surface area contributed by atoms with Gasteiger partial charge in [-0.05, 0) is 23.6 Å². The summed E-state index contributed by atoms with van der Waals surface area (Å²) in [6, 6.07) is 7.81. The Hall–Kier alpha value is -1.17. The summed E-state index contributed by atoms with van der Waals surface area (Å²) in [5.41, 5.74) is 1.54. The molecular weight excluding hydrogens is 310 g/mol. The molecule has 5 heteroatoms. The molecule has 0 N–H and O–H groups in total. The van der Waals surface area contributed by atoms with E-state index in [9.17, 15) is 4.79 Å². The fourth-order valence-corrected chi connectivity index (χ4v) is 2.71. The first-order valence-corrected chi connectivity index (χ1v) is 6.94. The molecule has 2 heterocycles. The molecule has 0 bridgehead atoms. The maximum atomic E-state index is 12.4. The SMILES string of the molecule is Cn1c(=O)c(C2COCCO2)cc2ccc(Br)cc21. The number of ether oxygens (including phenoxy) is 2. The fraction of sp³-hybridized carbons (Fsp3) is 0.357. The van der Waals surface area contributed by atoms with Crippen molar-refractivity contribution in [1.82, 2.24) is 4.57 Å². The van der Waals surface area contributed by atoms with Gasteiger partial charge in [0.1, 0.15) is 6.10 Å². The van der Waals surface area contributed by atoms with Crippen molar-refractivity contribution >= 4 is 26.8 Å². The largest absolute Gasteiger partial charge is 0.376 e. The van der Waals surface area contributed by atoms with E-state index in [4.69, 9.17) is 9.47 Å². The fourth-order valence-electron chi connectivity index (χ4n) is 2.36. The Morgan fingerprint density at radius 1 is 1.32 bits per heavy atom. The highest BCUT2D eigenvalue weighted by molar-refractivity contribution is 9.10. The van der Waals surface area contributed by atoms with Crippen LogP contribution < -0.4 is 5.56 Å². The van der Waals surface area contributed by atoms with Crippen molar-refractivity contribution in [3.8, 4) is 0 Å². The maximum absolute atomic E-state index is 12.4. The molecule has 1 unspecified atom stereocenters. The van der Waals surface area contributed by atoms with Crippen LogP contribution in [-0.4, -0.2) is 24.4 Å². The predicted octanol–water partition coefficient (Wildman–Crippen LogP) is 2.39. The molecule has 0 spiro atoms. The molecule has 4 nitrogen and oxygen atoms in total. The third kappa shape index (κ3) is 2.33. The summed E-state index contributed by atoms with van der Waals surface area (Å²) in [7, 11) is 1.78. The van der Waals surface area contributed by atoms with Crippen LogP contribution in [0.5, 0.6) is 0 Å². The van der Waals surface area contributed by atoms with Crippen LogP contribution >= 0.6 is 15.9 Å². The standard InChI is InChI=1S/C14H14BrNO3/c1-16-12-7-10(15)3-2-9(12)6-11(14(16)17)13-8-18-4-5-19-13/h2-3,6-7,13H,4-5,8H2,1H3. The lowest BCUT2D eigenvalue weighted by atomic mass is 10.1. The molecule has 1 aromatic heterocycles. The van der Waals surface area contributed by atoms with Gasteiger partial charge in [-0.2, -0.15) is 0 Å². The first-order valence-electron chi connectivity index (χ1n) is 6.15. The van der Waals surface area contributed by atoms with Crippen LogP contribution in [0.25, 0.3) is 10.9 Å². The Morgan fingerprint density at radius 3 is 2.89 bits per heavy atom. The van der Waals surface area contributed by atoms with E-state index in [0.717, 1.165) is 15.4 Å². The molecule has 1 aromatic carbocycles. The molecule has 0 aliphatic carbocycles. The molecule has 2 aromatic rings. The van der Waals surface area contributed by atoms with Crippen molar-refractivity contribution < 1.29 is 9.47 Å². The van der Waals surface area contributed by atoms with Crippen molar-refractivity contribution in [3.63, 3.8) is 0 Å². The average molecular weight is 324 g/mol. The number of hydrogen-bond donors (Lipinski definition) is 0. The van der Waals surface area contributed by atoms with Crippen LogP contribution in [0.3, 0.4) is 0 Å². The van der Waals surface area contributed by atoms with Gasteiger partial charge in [0.25, 0.3) is 5.56 Å². The third-order valence-corrected chi connectivity index (χ3v) is 3.87. The molecule has 1 atom stereocenters.